The van der Waals surface area contributed by atoms with Crippen LogP contribution in [0.2, 0.25) is 0 Å². The number of rotatable bonds is 7. The number of ether oxygens (including phenoxy) is 2. The molecule has 1 aromatic carbocycles. The molecule has 0 amide bonds. The van der Waals surface area contributed by atoms with Gasteiger partial charge in [0, 0.05) is 0 Å². The molecule has 4 heteroatoms. The monoisotopic (exact) mass is 251 g/mol. The van der Waals surface area contributed by atoms with Crippen molar-refractivity contribution in [3.05, 3.63) is 23.8 Å². The molecule has 0 aromatic heterocycles. The Labute approximate surface area is 108 Å². The van der Waals surface area contributed by atoms with Crippen molar-refractivity contribution in [3.63, 3.8) is 0 Å². The summed E-state index contributed by atoms with van der Waals surface area (Å²) in [6.45, 7) is 4.85. The van der Waals surface area contributed by atoms with Crippen molar-refractivity contribution in [1.29, 1.82) is 0 Å². The Morgan fingerprint density at radius 3 is 2.72 bits per heavy atom. The van der Waals surface area contributed by atoms with Gasteiger partial charge in [-0.3, -0.25) is 0 Å². The smallest absolute Gasteiger partial charge is 0.340 e. The highest BCUT2D eigenvalue weighted by molar-refractivity contribution is 5.96. The SMILES string of the molecule is CCCCCOc1cccc(C(=O)OCC)c1N. The third kappa shape index (κ3) is 3.95. The maximum atomic E-state index is 11.6. The normalized spacial score (nSPS) is 10.1. The highest BCUT2D eigenvalue weighted by atomic mass is 16.5. The van der Waals surface area contributed by atoms with E-state index in [1.165, 1.54) is 0 Å². The van der Waals surface area contributed by atoms with Gasteiger partial charge in [-0.25, -0.2) is 4.79 Å². The van der Waals surface area contributed by atoms with E-state index in [1.807, 2.05) is 0 Å². The van der Waals surface area contributed by atoms with Gasteiger partial charge in [0.2, 0.25) is 0 Å². The largest absolute Gasteiger partial charge is 0.491 e. The molecular formula is C14H21NO3. The van der Waals surface area contributed by atoms with E-state index in [-0.39, 0.29) is 0 Å². The van der Waals surface area contributed by atoms with Crippen LogP contribution in [0.25, 0.3) is 0 Å². The Kier molecular flexibility index (Phi) is 6.05. The maximum Gasteiger partial charge on any atom is 0.340 e. The molecule has 100 valence electrons. The molecular weight excluding hydrogens is 230 g/mol. The summed E-state index contributed by atoms with van der Waals surface area (Å²) >= 11 is 0. The van der Waals surface area contributed by atoms with Gasteiger partial charge in [-0.15, -0.1) is 0 Å². The van der Waals surface area contributed by atoms with Crippen molar-refractivity contribution in [2.45, 2.75) is 33.1 Å². The van der Waals surface area contributed by atoms with Crippen molar-refractivity contribution >= 4 is 11.7 Å². The molecule has 0 heterocycles. The zero-order chi connectivity index (χ0) is 13.4. The van der Waals surface area contributed by atoms with Crippen LogP contribution in [0.15, 0.2) is 18.2 Å². The zero-order valence-electron chi connectivity index (χ0n) is 11.1. The van der Waals surface area contributed by atoms with Gasteiger partial charge < -0.3 is 15.2 Å². The Hall–Kier alpha value is -1.71. The fraction of sp³-hybridized carbons (Fsp3) is 0.500. The van der Waals surface area contributed by atoms with Crippen LogP contribution < -0.4 is 10.5 Å². The second-order valence-electron chi connectivity index (χ2n) is 3.99. The quantitative estimate of drug-likeness (QED) is 0.459. The molecule has 18 heavy (non-hydrogen) atoms. The summed E-state index contributed by atoms with van der Waals surface area (Å²) in [5, 5.41) is 0. The fourth-order valence-corrected chi connectivity index (χ4v) is 1.59. The summed E-state index contributed by atoms with van der Waals surface area (Å²) in [4.78, 5) is 11.6. The minimum Gasteiger partial charge on any atom is -0.491 e. The fourth-order valence-electron chi connectivity index (χ4n) is 1.59. The summed E-state index contributed by atoms with van der Waals surface area (Å²) in [6, 6.07) is 5.16. The molecule has 0 saturated heterocycles. The molecule has 0 aliphatic rings. The van der Waals surface area contributed by atoms with Crippen LogP contribution in [0.5, 0.6) is 5.75 Å². The number of hydrogen-bond donors (Lipinski definition) is 1. The molecule has 0 saturated carbocycles. The van der Waals surface area contributed by atoms with E-state index < -0.39 is 5.97 Å². The first kappa shape index (κ1) is 14.4. The number of anilines is 1. The molecule has 0 spiro atoms. The number of nitrogen functional groups attached to an aromatic ring is 1. The Morgan fingerprint density at radius 1 is 1.28 bits per heavy atom. The van der Waals surface area contributed by atoms with Gasteiger partial charge in [0.25, 0.3) is 0 Å². The minimum absolute atomic E-state index is 0.333. The Bertz CT molecular complexity index is 391. The molecule has 0 aliphatic carbocycles. The van der Waals surface area contributed by atoms with Crippen molar-refractivity contribution in [2.75, 3.05) is 18.9 Å². The summed E-state index contributed by atoms with van der Waals surface area (Å²) in [5.74, 6) is 0.144. The van der Waals surface area contributed by atoms with Gasteiger partial charge in [0.05, 0.1) is 24.5 Å². The van der Waals surface area contributed by atoms with E-state index in [2.05, 4.69) is 6.92 Å². The lowest BCUT2D eigenvalue weighted by Crippen LogP contribution is -2.09. The second-order valence-corrected chi connectivity index (χ2v) is 3.99. The number of esters is 1. The van der Waals surface area contributed by atoms with Crippen LogP contribution in [0.3, 0.4) is 0 Å². The summed E-state index contributed by atoms with van der Waals surface area (Å²) in [6.07, 6.45) is 3.25. The second kappa shape index (κ2) is 7.58. The van der Waals surface area contributed by atoms with Gasteiger partial charge in [-0.2, -0.15) is 0 Å². The van der Waals surface area contributed by atoms with E-state index in [0.717, 1.165) is 19.3 Å². The summed E-state index contributed by atoms with van der Waals surface area (Å²) in [7, 11) is 0. The zero-order valence-corrected chi connectivity index (χ0v) is 11.1. The molecule has 0 aliphatic heterocycles. The van der Waals surface area contributed by atoms with Crippen molar-refractivity contribution in [1.82, 2.24) is 0 Å². The molecule has 0 bridgehead atoms. The minimum atomic E-state index is -0.408. The number of carbonyl (C=O) groups excluding carboxylic acids is 1. The van der Waals surface area contributed by atoms with Crippen LogP contribution in [-0.4, -0.2) is 19.2 Å². The van der Waals surface area contributed by atoms with Gasteiger partial charge in [-0.1, -0.05) is 25.8 Å². The third-order valence-corrected chi connectivity index (χ3v) is 2.57. The van der Waals surface area contributed by atoms with Crippen molar-refractivity contribution in [3.8, 4) is 5.75 Å². The standard InChI is InChI=1S/C14H21NO3/c1-3-5-6-10-18-12-9-7-8-11(13(12)15)14(16)17-4-2/h7-9H,3-6,10,15H2,1-2H3. The van der Waals surface area contributed by atoms with Crippen LogP contribution in [-0.2, 0) is 4.74 Å². The van der Waals surface area contributed by atoms with Gasteiger partial charge in [0.1, 0.15) is 5.75 Å². The number of benzene rings is 1. The number of nitrogens with two attached hydrogens (primary N) is 1. The third-order valence-electron chi connectivity index (χ3n) is 2.57. The maximum absolute atomic E-state index is 11.6. The topological polar surface area (TPSA) is 61.5 Å². The molecule has 4 nitrogen and oxygen atoms in total. The molecule has 1 rings (SSSR count). The van der Waals surface area contributed by atoms with E-state index in [1.54, 1.807) is 25.1 Å². The molecule has 0 atom stereocenters. The first-order chi connectivity index (χ1) is 8.70. The lowest BCUT2D eigenvalue weighted by molar-refractivity contribution is 0.0527. The molecule has 0 unspecified atom stereocenters. The number of para-hydroxylation sites is 1. The van der Waals surface area contributed by atoms with Gasteiger partial charge in [-0.05, 0) is 25.5 Å². The van der Waals surface area contributed by atoms with Crippen molar-refractivity contribution < 1.29 is 14.3 Å². The van der Waals surface area contributed by atoms with E-state index in [9.17, 15) is 4.79 Å². The lowest BCUT2D eigenvalue weighted by Gasteiger charge is -2.11. The molecule has 0 radical (unpaired) electrons. The van der Waals surface area contributed by atoms with Crippen LogP contribution in [0, 0.1) is 0 Å². The molecule has 2 N–H and O–H groups in total. The number of carbonyl (C=O) groups is 1. The summed E-state index contributed by atoms with van der Waals surface area (Å²) < 4.78 is 10.5. The van der Waals surface area contributed by atoms with E-state index >= 15 is 0 Å². The van der Waals surface area contributed by atoms with E-state index in [4.69, 9.17) is 15.2 Å². The predicted octanol–water partition coefficient (Wildman–Crippen LogP) is 3.01. The highest BCUT2D eigenvalue weighted by Crippen LogP contribution is 2.26. The van der Waals surface area contributed by atoms with Gasteiger partial charge >= 0.3 is 5.97 Å². The number of hydrogen-bond acceptors (Lipinski definition) is 4. The lowest BCUT2D eigenvalue weighted by atomic mass is 10.1. The Balaban J connectivity index is 2.69. The van der Waals surface area contributed by atoms with Crippen molar-refractivity contribution in [2.24, 2.45) is 0 Å². The van der Waals surface area contributed by atoms with Gasteiger partial charge in [0.15, 0.2) is 0 Å². The molecule has 1 aromatic rings. The predicted molar refractivity (Wildman–Crippen MR) is 71.8 cm³/mol. The first-order valence-electron chi connectivity index (χ1n) is 6.39. The first-order valence-corrected chi connectivity index (χ1v) is 6.39. The summed E-state index contributed by atoms with van der Waals surface area (Å²) in [5.41, 5.74) is 6.62. The molecule has 0 fully saturated rings. The highest BCUT2D eigenvalue weighted by Gasteiger charge is 2.13. The van der Waals surface area contributed by atoms with Crippen LogP contribution in [0.1, 0.15) is 43.5 Å². The van der Waals surface area contributed by atoms with E-state index in [0.29, 0.717) is 30.2 Å². The average molecular weight is 251 g/mol. The Morgan fingerprint density at radius 2 is 2.06 bits per heavy atom. The number of unbranched alkanes of at least 4 members (excludes halogenated alkanes) is 2. The average Bonchev–Trinajstić information content (AvgIpc) is 2.36. The van der Waals surface area contributed by atoms with Crippen LogP contribution >= 0.6 is 0 Å². The van der Waals surface area contributed by atoms with Crippen LogP contribution in [0.4, 0.5) is 5.69 Å².